The van der Waals surface area contributed by atoms with Crippen LogP contribution in [0, 0.1) is 0 Å². The summed E-state index contributed by atoms with van der Waals surface area (Å²) in [4.78, 5) is 19.1. The van der Waals surface area contributed by atoms with Crippen LogP contribution in [0.25, 0.3) is 0 Å². The van der Waals surface area contributed by atoms with Crippen molar-refractivity contribution < 1.29 is 9.53 Å². The first-order valence-corrected chi connectivity index (χ1v) is 10.7. The Bertz CT molecular complexity index is 695. The van der Waals surface area contributed by atoms with Crippen molar-refractivity contribution >= 4 is 35.8 Å². The van der Waals surface area contributed by atoms with E-state index in [9.17, 15) is 4.79 Å². The Labute approximate surface area is 191 Å². The van der Waals surface area contributed by atoms with Crippen LogP contribution in [0.4, 0.5) is 0 Å². The third-order valence-electron chi connectivity index (χ3n) is 5.52. The van der Waals surface area contributed by atoms with Gasteiger partial charge in [-0.25, -0.2) is 0 Å². The highest BCUT2D eigenvalue weighted by molar-refractivity contribution is 14.0. The Hall–Kier alpha value is -1.51. The van der Waals surface area contributed by atoms with Gasteiger partial charge in [0.2, 0.25) is 5.91 Å². The fourth-order valence-electron chi connectivity index (χ4n) is 3.94. The SMILES string of the molecule is CCNC(=NCCC(=O)N1CCCCC1C)NCCc1ccc2c(c1)CCO2.I. The molecule has 1 amide bonds. The molecule has 7 heteroatoms. The van der Waals surface area contributed by atoms with E-state index >= 15 is 0 Å². The van der Waals surface area contributed by atoms with Gasteiger partial charge in [-0.1, -0.05) is 12.1 Å². The molecule has 0 bridgehead atoms. The lowest BCUT2D eigenvalue weighted by Crippen LogP contribution is -2.42. The average Bonchev–Trinajstić information content (AvgIpc) is 3.16. The van der Waals surface area contributed by atoms with Gasteiger partial charge in [-0.05, 0) is 56.7 Å². The van der Waals surface area contributed by atoms with Gasteiger partial charge in [-0.3, -0.25) is 9.79 Å². The number of likely N-dealkylation sites (tertiary alicyclic amines) is 1. The molecule has 3 rings (SSSR count). The Morgan fingerprint density at radius 2 is 2.17 bits per heavy atom. The maximum atomic E-state index is 12.4. The van der Waals surface area contributed by atoms with E-state index in [1.807, 2.05) is 4.90 Å². The number of piperidine rings is 1. The van der Waals surface area contributed by atoms with Gasteiger partial charge in [-0.2, -0.15) is 0 Å². The summed E-state index contributed by atoms with van der Waals surface area (Å²) in [6.07, 6.45) is 5.89. The van der Waals surface area contributed by atoms with E-state index in [2.05, 4.69) is 47.7 Å². The lowest BCUT2D eigenvalue weighted by molar-refractivity contribution is -0.134. The first-order valence-electron chi connectivity index (χ1n) is 10.7. The monoisotopic (exact) mass is 514 g/mol. The van der Waals surface area contributed by atoms with E-state index in [0.29, 0.717) is 19.0 Å². The van der Waals surface area contributed by atoms with E-state index in [0.717, 1.165) is 63.6 Å². The number of rotatable bonds is 7. The molecule has 1 unspecified atom stereocenters. The lowest BCUT2D eigenvalue weighted by Gasteiger charge is -2.33. The molecule has 29 heavy (non-hydrogen) atoms. The van der Waals surface area contributed by atoms with Gasteiger partial charge in [0.05, 0.1) is 13.2 Å². The number of ether oxygens (including phenoxy) is 1. The zero-order valence-corrected chi connectivity index (χ0v) is 20.0. The lowest BCUT2D eigenvalue weighted by atomic mass is 10.0. The molecular weight excluding hydrogens is 479 g/mol. The Kier molecular flexibility index (Phi) is 10.0. The van der Waals surface area contributed by atoms with Crippen molar-refractivity contribution in [3.05, 3.63) is 29.3 Å². The van der Waals surface area contributed by atoms with Crippen molar-refractivity contribution in [2.75, 3.05) is 32.8 Å². The van der Waals surface area contributed by atoms with Crippen LogP contribution in [0.3, 0.4) is 0 Å². The molecule has 1 fully saturated rings. The summed E-state index contributed by atoms with van der Waals surface area (Å²) in [6.45, 7) is 8.03. The van der Waals surface area contributed by atoms with Crippen LogP contribution in [-0.2, 0) is 17.6 Å². The molecule has 162 valence electrons. The second-order valence-corrected chi connectivity index (χ2v) is 7.66. The van der Waals surface area contributed by atoms with E-state index in [1.54, 1.807) is 0 Å². The summed E-state index contributed by atoms with van der Waals surface area (Å²) in [5.74, 6) is 2.04. The molecule has 0 radical (unpaired) electrons. The highest BCUT2D eigenvalue weighted by Gasteiger charge is 2.22. The van der Waals surface area contributed by atoms with Crippen LogP contribution >= 0.6 is 24.0 Å². The third-order valence-corrected chi connectivity index (χ3v) is 5.52. The smallest absolute Gasteiger partial charge is 0.224 e. The van der Waals surface area contributed by atoms with Crippen LogP contribution in [0.15, 0.2) is 23.2 Å². The molecule has 1 aromatic carbocycles. The Morgan fingerprint density at radius 3 is 2.97 bits per heavy atom. The molecule has 1 atom stereocenters. The number of benzene rings is 1. The van der Waals surface area contributed by atoms with Crippen molar-refractivity contribution in [3.63, 3.8) is 0 Å². The minimum atomic E-state index is 0. The summed E-state index contributed by atoms with van der Waals surface area (Å²) in [6, 6.07) is 6.82. The fraction of sp³-hybridized carbons (Fsp3) is 0.636. The number of nitrogens with zero attached hydrogens (tertiary/aromatic N) is 2. The number of aliphatic imine (C=N–C) groups is 1. The normalized spacial score (nSPS) is 18.5. The molecule has 1 aromatic rings. The van der Waals surface area contributed by atoms with Crippen molar-refractivity contribution in [2.45, 2.75) is 58.4 Å². The molecular formula is C22H35IN4O2. The highest BCUT2D eigenvalue weighted by atomic mass is 127. The number of fused-ring (bicyclic) bond motifs is 1. The van der Waals surface area contributed by atoms with Crippen LogP contribution < -0.4 is 15.4 Å². The van der Waals surface area contributed by atoms with Gasteiger partial charge in [-0.15, -0.1) is 24.0 Å². The summed E-state index contributed by atoms with van der Waals surface area (Å²) in [5, 5.41) is 6.65. The molecule has 2 N–H and O–H groups in total. The standard InChI is InChI=1S/C22H34N4O2.HI/c1-3-23-22(25-13-10-21(27)26-14-5-4-6-17(26)2)24-12-9-18-7-8-20-19(16-18)11-15-28-20;/h7-8,16-17H,3-6,9-15H2,1-2H3,(H2,23,24,25);1H. The topological polar surface area (TPSA) is 66.0 Å². The fourth-order valence-corrected chi connectivity index (χ4v) is 3.94. The summed E-state index contributed by atoms with van der Waals surface area (Å²) in [7, 11) is 0. The van der Waals surface area contributed by atoms with Gasteiger partial charge in [0.15, 0.2) is 5.96 Å². The highest BCUT2D eigenvalue weighted by Crippen LogP contribution is 2.25. The molecule has 1 saturated heterocycles. The number of carbonyl (C=O) groups is 1. The van der Waals surface area contributed by atoms with Gasteiger partial charge < -0.3 is 20.3 Å². The maximum absolute atomic E-state index is 12.4. The Morgan fingerprint density at radius 1 is 1.31 bits per heavy atom. The number of amides is 1. The summed E-state index contributed by atoms with van der Waals surface area (Å²) < 4.78 is 5.57. The van der Waals surface area contributed by atoms with Crippen LogP contribution in [0.5, 0.6) is 5.75 Å². The second kappa shape index (κ2) is 12.2. The number of carbonyl (C=O) groups excluding carboxylic acids is 1. The van der Waals surface area contributed by atoms with E-state index < -0.39 is 0 Å². The first kappa shape index (κ1) is 23.8. The molecule has 0 aromatic heterocycles. The van der Waals surface area contributed by atoms with Gasteiger partial charge in [0.1, 0.15) is 5.75 Å². The zero-order chi connectivity index (χ0) is 19.8. The minimum Gasteiger partial charge on any atom is -0.493 e. The molecule has 2 heterocycles. The van der Waals surface area contributed by atoms with E-state index in [4.69, 9.17) is 4.74 Å². The third kappa shape index (κ3) is 7.04. The van der Waals surface area contributed by atoms with Gasteiger partial charge >= 0.3 is 0 Å². The molecule has 6 nitrogen and oxygen atoms in total. The van der Waals surface area contributed by atoms with Crippen molar-refractivity contribution in [3.8, 4) is 5.75 Å². The van der Waals surface area contributed by atoms with Crippen LogP contribution in [0.2, 0.25) is 0 Å². The largest absolute Gasteiger partial charge is 0.493 e. The van der Waals surface area contributed by atoms with Crippen molar-refractivity contribution in [1.29, 1.82) is 0 Å². The minimum absolute atomic E-state index is 0. The van der Waals surface area contributed by atoms with Crippen LogP contribution in [0.1, 0.15) is 50.7 Å². The molecule has 2 aliphatic rings. The second-order valence-electron chi connectivity index (χ2n) is 7.66. The molecule has 2 aliphatic heterocycles. The quantitative estimate of drug-likeness (QED) is 0.334. The van der Waals surface area contributed by atoms with E-state index in [-0.39, 0.29) is 29.9 Å². The predicted octanol–water partition coefficient (Wildman–Crippen LogP) is 3.13. The number of guanidine groups is 1. The average molecular weight is 514 g/mol. The molecule has 0 spiro atoms. The van der Waals surface area contributed by atoms with Gasteiger partial charge in [0.25, 0.3) is 0 Å². The van der Waals surface area contributed by atoms with Gasteiger partial charge in [0, 0.05) is 38.5 Å². The number of hydrogen-bond donors (Lipinski definition) is 2. The van der Waals surface area contributed by atoms with Crippen molar-refractivity contribution in [1.82, 2.24) is 15.5 Å². The van der Waals surface area contributed by atoms with E-state index in [1.165, 1.54) is 17.5 Å². The Balaban J connectivity index is 0.00000300. The predicted molar refractivity (Wildman–Crippen MR) is 128 cm³/mol. The first-order chi connectivity index (χ1) is 13.7. The zero-order valence-electron chi connectivity index (χ0n) is 17.7. The number of halogens is 1. The maximum Gasteiger partial charge on any atom is 0.224 e. The molecule has 0 aliphatic carbocycles. The summed E-state index contributed by atoms with van der Waals surface area (Å²) >= 11 is 0. The van der Waals surface area contributed by atoms with Crippen LogP contribution in [-0.4, -0.2) is 55.6 Å². The van der Waals surface area contributed by atoms with Crippen molar-refractivity contribution in [2.24, 2.45) is 4.99 Å². The molecule has 0 saturated carbocycles. The summed E-state index contributed by atoms with van der Waals surface area (Å²) in [5.41, 5.74) is 2.62. The number of hydrogen-bond acceptors (Lipinski definition) is 3. The number of nitrogens with one attached hydrogen (secondary N) is 2.